The summed E-state index contributed by atoms with van der Waals surface area (Å²) in [4.78, 5) is 23.8. The smallest absolute Gasteiger partial charge is 0.303 e. The van der Waals surface area contributed by atoms with Gasteiger partial charge in [-0.25, -0.2) is 0 Å². The molecule has 2 rings (SSSR count). The molecule has 1 aromatic rings. The molecule has 4 nitrogen and oxygen atoms in total. The number of carboxylic acids is 1. The van der Waals surface area contributed by atoms with Crippen molar-refractivity contribution in [2.45, 2.75) is 25.7 Å². The van der Waals surface area contributed by atoms with Gasteiger partial charge in [-0.15, -0.1) is 0 Å². The van der Waals surface area contributed by atoms with Gasteiger partial charge in [0.15, 0.2) is 0 Å². The van der Waals surface area contributed by atoms with Gasteiger partial charge in [-0.3, -0.25) is 9.59 Å². The van der Waals surface area contributed by atoms with Gasteiger partial charge in [-0.1, -0.05) is 18.2 Å². The van der Waals surface area contributed by atoms with Crippen LogP contribution in [0.3, 0.4) is 0 Å². The number of aliphatic carboxylic acids is 1. The number of para-hydroxylation sites is 1. The Morgan fingerprint density at radius 3 is 2.76 bits per heavy atom. The molecular formula is C13H15NO3. The molecule has 0 aliphatic carbocycles. The van der Waals surface area contributed by atoms with Crippen molar-refractivity contribution in [3.05, 3.63) is 29.8 Å². The molecule has 90 valence electrons. The van der Waals surface area contributed by atoms with Gasteiger partial charge < -0.3 is 10.0 Å². The van der Waals surface area contributed by atoms with Gasteiger partial charge in [0.2, 0.25) is 5.91 Å². The molecule has 17 heavy (non-hydrogen) atoms. The Balaban J connectivity index is 2.22. The van der Waals surface area contributed by atoms with Gasteiger partial charge in [-0.2, -0.15) is 0 Å². The monoisotopic (exact) mass is 233 g/mol. The average Bonchev–Trinajstić information content (AvgIpc) is 2.65. The Kier molecular flexibility index (Phi) is 3.13. The molecule has 1 atom stereocenters. The molecule has 0 radical (unpaired) electrons. The lowest BCUT2D eigenvalue weighted by Gasteiger charge is -2.14. The first-order chi connectivity index (χ1) is 8.09. The standard InChI is InChI=1S/C13H15NO3/c1-9(15)14-8-10(6-7-13(16)17)11-4-2-3-5-12(11)14/h2-5,10H,6-8H2,1H3,(H,16,17). The van der Waals surface area contributed by atoms with Crippen LogP contribution in [0.4, 0.5) is 5.69 Å². The lowest BCUT2D eigenvalue weighted by atomic mass is 9.96. The van der Waals surface area contributed by atoms with Gasteiger partial charge >= 0.3 is 5.97 Å². The fourth-order valence-corrected chi connectivity index (χ4v) is 2.34. The van der Waals surface area contributed by atoms with E-state index >= 15 is 0 Å². The van der Waals surface area contributed by atoms with E-state index < -0.39 is 5.97 Å². The van der Waals surface area contributed by atoms with E-state index in [1.807, 2.05) is 24.3 Å². The van der Waals surface area contributed by atoms with Crippen molar-refractivity contribution in [1.29, 1.82) is 0 Å². The van der Waals surface area contributed by atoms with Crippen molar-refractivity contribution in [3.8, 4) is 0 Å². The molecule has 1 aliphatic heterocycles. The van der Waals surface area contributed by atoms with E-state index in [-0.39, 0.29) is 18.2 Å². The Bertz CT molecular complexity index is 456. The van der Waals surface area contributed by atoms with Crippen molar-refractivity contribution in [1.82, 2.24) is 0 Å². The van der Waals surface area contributed by atoms with Crippen molar-refractivity contribution >= 4 is 17.6 Å². The lowest BCUT2D eigenvalue weighted by Crippen LogP contribution is -2.27. The Hall–Kier alpha value is -1.84. The number of hydrogen-bond donors (Lipinski definition) is 1. The number of benzene rings is 1. The number of nitrogens with zero attached hydrogens (tertiary/aromatic N) is 1. The highest BCUT2D eigenvalue weighted by atomic mass is 16.4. The predicted octanol–water partition coefficient (Wildman–Crippen LogP) is 2.00. The van der Waals surface area contributed by atoms with Crippen molar-refractivity contribution in [2.24, 2.45) is 0 Å². The maximum Gasteiger partial charge on any atom is 0.303 e. The van der Waals surface area contributed by atoms with Gasteiger partial charge in [0.25, 0.3) is 0 Å². The lowest BCUT2D eigenvalue weighted by molar-refractivity contribution is -0.137. The molecule has 1 heterocycles. The fourth-order valence-electron chi connectivity index (χ4n) is 2.34. The second kappa shape index (κ2) is 4.57. The Labute approximate surface area is 99.9 Å². The number of fused-ring (bicyclic) bond motifs is 1. The molecule has 0 saturated heterocycles. The minimum Gasteiger partial charge on any atom is -0.481 e. The normalized spacial score (nSPS) is 17.9. The summed E-state index contributed by atoms with van der Waals surface area (Å²) < 4.78 is 0. The third-order valence-electron chi connectivity index (χ3n) is 3.16. The van der Waals surface area contributed by atoms with Gasteiger partial charge in [-0.05, 0) is 18.1 Å². The molecule has 1 N–H and O–H groups in total. The second-order valence-electron chi connectivity index (χ2n) is 4.32. The molecule has 0 bridgehead atoms. The van der Waals surface area contributed by atoms with E-state index in [9.17, 15) is 9.59 Å². The van der Waals surface area contributed by atoms with Crippen LogP contribution in [0.25, 0.3) is 0 Å². The fraction of sp³-hybridized carbons (Fsp3) is 0.385. The molecule has 1 unspecified atom stereocenters. The quantitative estimate of drug-likeness (QED) is 0.868. The van der Waals surface area contributed by atoms with E-state index in [4.69, 9.17) is 5.11 Å². The maximum absolute atomic E-state index is 11.5. The SMILES string of the molecule is CC(=O)N1CC(CCC(=O)O)c2ccccc21. The molecule has 1 aromatic carbocycles. The number of amides is 1. The summed E-state index contributed by atoms with van der Waals surface area (Å²) in [5.41, 5.74) is 2.01. The number of carbonyl (C=O) groups excluding carboxylic acids is 1. The number of carbonyl (C=O) groups is 2. The zero-order valence-corrected chi connectivity index (χ0v) is 9.72. The molecule has 0 saturated carbocycles. The zero-order valence-electron chi connectivity index (χ0n) is 9.72. The van der Waals surface area contributed by atoms with Crippen LogP contribution in [-0.2, 0) is 9.59 Å². The molecule has 0 fully saturated rings. The summed E-state index contributed by atoms with van der Waals surface area (Å²) in [6, 6.07) is 7.72. The number of rotatable bonds is 3. The summed E-state index contributed by atoms with van der Waals surface area (Å²) in [5, 5.41) is 8.72. The summed E-state index contributed by atoms with van der Waals surface area (Å²) >= 11 is 0. The largest absolute Gasteiger partial charge is 0.481 e. The van der Waals surface area contributed by atoms with Gasteiger partial charge in [0, 0.05) is 31.5 Å². The highest BCUT2D eigenvalue weighted by Crippen LogP contribution is 2.38. The number of hydrogen-bond acceptors (Lipinski definition) is 2. The third kappa shape index (κ3) is 2.30. The van der Waals surface area contributed by atoms with Gasteiger partial charge in [0.1, 0.15) is 0 Å². The van der Waals surface area contributed by atoms with Crippen LogP contribution < -0.4 is 4.90 Å². The number of carboxylic acid groups (broad SMARTS) is 1. The van der Waals surface area contributed by atoms with E-state index in [0.29, 0.717) is 13.0 Å². The first kappa shape index (κ1) is 11.6. The minimum atomic E-state index is -0.788. The van der Waals surface area contributed by atoms with E-state index in [2.05, 4.69) is 0 Å². The van der Waals surface area contributed by atoms with Crippen LogP contribution in [0.1, 0.15) is 31.2 Å². The first-order valence-electron chi connectivity index (χ1n) is 5.68. The molecular weight excluding hydrogens is 218 g/mol. The molecule has 0 spiro atoms. The highest BCUT2D eigenvalue weighted by molar-refractivity contribution is 5.94. The molecule has 0 aromatic heterocycles. The number of anilines is 1. The predicted molar refractivity (Wildman–Crippen MR) is 64.1 cm³/mol. The summed E-state index contributed by atoms with van der Waals surface area (Å²) in [7, 11) is 0. The molecule has 1 amide bonds. The van der Waals surface area contributed by atoms with Crippen molar-refractivity contribution < 1.29 is 14.7 Å². The first-order valence-corrected chi connectivity index (χ1v) is 5.68. The van der Waals surface area contributed by atoms with E-state index in [1.54, 1.807) is 4.90 Å². The summed E-state index contributed by atoms with van der Waals surface area (Å²) in [5.74, 6) is -0.634. The molecule has 4 heteroatoms. The molecule has 1 aliphatic rings. The third-order valence-corrected chi connectivity index (χ3v) is 3.16. The van der Waals surface area contributed by atoms with E-state index in [0.717, 1.165) is 11.3 Å². The van der Waals surface area contributed by atoms with Crippen LogP contribution in [0.5, 0.6) is 0 Å². The van der Waals surface area contributed by atoms with Crippen LogP contribution in [-0.4, -0.2) is 23.5 Å². The van der Waals surface area contributed by atoms with Crippen molar-refractivity contribution in [3.63, 3.8) is 0 Å². The minimum absolute atomic E-state index is 0.00951. The zero-order chi connectivity index (χ0) is 12.4. The van der Waals surface area contributed by atoms with Crippen LogP contribution in [0, 0.1) is 0 Å². The Morgan fingerprint density at radius 2 is 2.12 bits per heavy atom. The van der Waals surface area contributed by atoms with Crippen LogP contribution in [0.15, 0.2) is 24.3 Å². The summed E-state index contributed by atoms with van der Waals surface area (Å²) in [6.45, 7) is 2.14. The van der Waals surface area contributed by atoms with Crippen LogP contribution >= 0.6 is 0 Å². The topological polar surface area (TPSA) is 57.6 Å². The second-order valence-corrected chi connectivity index (χ2v) is 4.32. The summed E-state index contributed by atoms with van der Waals surface area (Å²) in [6.07, 6.45) is 0.723. The average molecular weight is 233 g/mol. The van der Waals surface area contributed by atoms with Gasteiger partial charge in [0.05, 0.1) is 0 Å². The maximum atomic E-state index is 11.5. The van der Waals surface area contributed by atoms with Crippen LogP contribution in [0.2, 0.25) is 0 Å². The van der Waals surface area contributed by atoms with Crippen molar-refractivity contribution in [2.75, 3.05) is 11.4 Å². The van der Waals surface area contributed by atoms with E-state index in [1.165, 1.54) is 6.92 Å². The Morgan fingerprint density at radius 1 is 1.41 bits per heavy atom. The highest BCUT2D eigenvalue weighted by Gasteiger charge is 2.30.